The molecule has 7 nitrogen and oxygen atoms in total. The average Bonchev–Trinajstić information content (AvgIpc) is 3.25. The zero-order valence-electron chi connectivity index (χ0n) is 15.8. The van der Waals surface area contributed by atoms with Crippen molar-refractivity contribution >= 4 is 6.03 Å². The minimum atomic E-state index is -4.68. The Morgan fingerprint density at radius 1 is 1.25 bits per heavy atom. The van der Waals surface area contributed by atoms with Gasteiger partial charge in [0, 0.05) is 33.3 Å². The van der Waals surface area contributed by atoms with Crippen molar-refractivity contribution in [3.05, 3.63) is 35.7 Å². The Kier molecular flexibility index (Phi) is 5.33. The molecule has 1 aromatic carbocycles. The largest absolute Gasteiger partial charge is 0.471 e. The van der Waals surface area contributed by atoms with Crippen molar-refractivity contribution in [1.82, 2.24) is 19.9 Å². The Morgan fingerprint density at radius 2 is 1.89 bits per heavy atom. The molecule has 1 aliphatic rings. The summed E-state index contributed by atoms with van der Waals surface area (Å²) in [6.45, 7) is 0.856. The van der Waals surface area contributed by atoms with Crippen LogP contribution < -0.4 is 0 Å². The first-order chi connectivity index (χ1) is 13.2. The fourth-order valence-electron chi connectivity index (χ4n) is 3.01. The number of methoxy groups -OCH3 is 1. The monoisotopic (exact) mass is 398 g/mol. The molecule has 1 fully saturated rings. The number of hydrogen-bond donors (Lipinski definition) is 0. The van der Waals surface area contributed by atoms with Crippen LogP contribution >= 0.6 is 0 Å². The van der Waals surface area contributed by atoms with E-state index in [9.17, 15) is 18.0 Å². The van der Waals surface area contributed by atoms with Gasteiger partial charge in [-0.2, -0.15) is 18.2 Å². The minimum Gasteiger partial charge on any atom is -0.382 e. The van der Waals surface area contributed by atoms with Gasteiger partial charge in [0.1, 0.15) is 0 Å². The van der Waals surface area contributed by atoms with E-state index in [1.165, 1.54) is 0 Å². The highest BCUT2D eigenvalue weighted by Gasteiger charge is 2.49. The third-order valence-electron chi connectivity index (χ3n) is 4.87. The maximum atomic E-state index is 12.7. The van der Waals surface area contributed by atoms with Gasteiger partial charge in [0.05, 0.1) is 12.1 Å². The molecule has 0 atom stereocenters. The van der Waals surface area contributed by atoms with Gasteiger partial charge in [-0.05, 0) is 18.4 Å². The van der Waals surface area contributed by atoms with Crippen LogP contribution in [-0.2, 0) is 17.5 Å². The van der Waals surface area contributed by atoms with Gasteiger partial charge in [0.15, 0.2) is 0 Å². The molecule has 0 aliphatic heterocycles. The number of halogens is 3. The van der Waals surface area contributed by atoms with Crippen LogP contribution in [0.15, 0.2) is 28.8 Å². The summed E-state index contributed by atoms with van der Waals surface area (Å²) in [6, 6.07) is 6.49. The van der Waals surface area contributed by atoms with Crippen LogP contribution in [0.5, 0.6) is 0 Å². The molecular formula is C18H21F3N4O3. The normalized spacial score (nSPS) is 15.4. The molecule has 0 N–H and O–H groups in total. The van der Waals surface area contributed by atoms with Crippen LogP contribution in [0.1, 0.15) is 24.3 Å². The second-order valence-corrected chi connectivity index (χ2v) is 6.97. The predicted molar refractivity (Wildman–Crippen MR) is 93.2 cm³/mol. The molecule has 0 radical (unpaired) electrons. The Bertz CT molecular complexity index is 831. The summed E-state index contributed by atoms with van der Waals surface area (Å²) in [5.41, 5.74) is 0.994. The predicted octanol–water partition coefficient (Wildman–Crippen LogP) is 3.42. The first-order valence-corrected chi connectivity index (χ1v) is 8.64. The zero-order valence-corrected chi connectivity index (χ0v) is 15.8. The number of aromatic nitrogens is 2. The van der Waals surface area contributed by atoms with Crippen molar-refractivity contribution in [3.8, 4) is 11.4 Å². The lowest BCUT2D eigenvalue weighted by Gasteiger charge is -2.31. The van der Waals surface area contributed by atoms with E-state index < -0.39 is 12.1 Å². The number of carbonyl (C=O) groups is 1. The Morgan fingerprint density at radius 3 is 2.39 bits per heavy atom. The van der Waals surface area contributed by atoms with Crippen LogP contribution in [-0.4, -0.2) is 59.3 Å². The number of benzene rings is 1. The molecule has 10 heteroatoms. The summed E-state index contributed by atoms with van der Waals surface area (Å²) in [6.07, 6.45) is -2.85. The van der Waals surface area contributed by atoms with E-state index in [4.69, 9.17) is 4.74 Å². The van der Waals surface area contributed by atoms with E-state index in [1.54, 1.807) is 55.3 Å². The second kappa shape index (κ2) is 7.42. The first-order valence-electron chi connectivity index (χ1n) is 8.64. The number of carbonyl (C=O) groups excluding carboxylic acids is 1. The number of nitrogens with zero attached hydrogens (tertiary/aromatic N) is 4. The molecule has 152 valence electrons. The standard InChI is InChI=1S/C18H21F3N4O3/c1-24(16(26)25(2)17(8-9-17)11-27-3)10-12-4-6-13(7-5-12)14-22-15(28-23-14)18(19,20)21/h4-7H,8-11H2,1-3H3. The SMILES string of the molecule is COCC1(N(C)C(=O)N(C)Cc2ccc(-c3noc(C(F)(F)F)n3)cc2)CC1. The Labute approximate surface area is 160 Å². The molecule has 0 bridgehead atoms. The molecule has 1 heterocycles. The zero-order chi connectivity index (χ0) is 20.5. The average molecular weight is 398 g/mol. The number of likely N-dealkylation sites (N-methyl/N-ethyl adjacent to an activating group) is 1. The van der Waals surface area contributed by atoms with Gasteiger partial charge in [-0.1, -0.05) is 29.4 Å². The molecule has 0 spiro atoms. The van der Waals surface area contributed by atoms with Crippen molar-refractivity contribution in [1.29, 1.82) is 0 Å². The van der Waals surface area contributed by atoms with E-state index in [-0.39, 0.29) is 17.4 Å². The summed E-state index contributed by atoms with van der Waals surface area (Å²) in [5, 5.41) is 3.36. The number of hydrogen-bond acceptors (Lipinski definition) is 5. The van der Waals surface area contributed by atoms with Gasteiger partial charge in [0.25, 0.3) is 0 Å². The van der Waals surface area contributed by atoms with Crippen molar-refractivity contribution in [2.24, 2.45) is 0 Å². The highest BCUT2D eigenvalue weighted by Crippen LogP contribution is 2.41. The van der Waals surface area contributed by atoms with E-state index in [0.29, 0.717) is 18.7 Å². The lowest BCUT2D eigenvalue weighted by molar-refractivity contribution is -0.159. The molecule has 1 aromatic heterocycles. The molecule has 0 saturated heterocycles. The highest BCUT2D eigenvalue weighted by atomic mass is 19.4. The maximum Gasteiger partial charge on any atom is 0.471 e. The highest BCUT2D eigenvalue weighted by molar-refractivity contribution is 5.75. The quantitative estimate of drug-likeness (QED) is 0.746. The van der Waals surface area contributed by atoms with Gasteiger partial charge in [-0.3, -0.25) is 0 Å². The number of ether oxygens (including phenoxy) is 1. The number of alkyl halides is 3. The first kappa shape index (κ1) is 20.1. The summed E-state index contributed by atoms with van der Waals surface area (Å²) in [5.74, 6) is -1.52. The maximum absolute atomic E-state index is 12.7. The van der Waals surface area contributed by atoms with Crippen LogP contribution in [0.3, 0.4) is 0 Å². The van der Waals surface area contributed by atoms with Crippen LogP contribution in [0.4, 0.5) is 18.0 Å². The van der Waals surface area contributed by atoms with E-state index in [1.807, 2.05) is 0 Å². The van der Waals surface area contributed by atoms with Crippen molar-refractivity contribution in [2.45, 2.75) is 31.1 Å². The molecule has 3 rings (SSSR count). The van der Waals surface area contributed by atoms with Crippen LogP contribution in [0.2, 0.25) is 0 Å². The summed E-state index contributed by atoms with van der Waals surface area (Å²) in [7, 11) is 5.08. The lowest BCUT2D eigenvalue weighted by Crippen LogP contribution is -2.47. The van der Waals surface area contributed by atoms with Gasteiger partial charge in [-0.25, -0.2) is 4.79 Å². The summed E-state index contributed by atoms with van der Waals surface area (Å²) < 4.78 is 47.1. The smallest absolute Gasteiger partial charge is 0.382 e. The molecule has 28 heavy (non-hydrogen) atoms. The fraction of sp³-hybridized carbons (Fsp3) is 0.500. The Hall–Kier alpha value is -2.62. The third-order valence-corrected chi connectivity index (χ3v) is 4.87. The molecule has 1 aliphatic carbocycles. The van der Waals surface area contributed by atoms with Gasteiger partial charge in [0.2, 0.25) is 5.82 Å². The van der Waals surface area contributed by atoms with Crippen LogP contribution in [0, 0.1) is 0 Å². The summed E-state index contributed by atoms with van der Waals surface area (Å²) in [4.78, 5) is 19.3. The van der Waals surface area contributed by atoms with Crippen LogP contribution in [0.25, 0.3) is 11.4 Å². The molecular weight excluding hydrogens is 377 g/mol. The number of amides is 2. The minimum absolute atomic E-state index is 0.119. The molecule has 0 unspecified atom stereocenters. The summed E-state index contributed by atoms with van der Waals surface area (Å²) >= 11 is 0. The molecule has 1 saturated carbocycles. The fourth-order valence-corrected chi connectivity index (χ4v) is 3.01. The van der Waals surface area contributed by atoms with Crippen molar-refractivity contribution in [3.63, 3.8) is 0 Å². The molecule has 2 aromatic rings. The van der Waals surface area contributed by atoms with Gasteiger partial charge >= 0.3 is 18.1 Å². The van der Waals surface area contributed by atoms with E-state index in [2.05, 4.69) is 14.7 Å². The molecule has 2 amide bonds. The van der Waals surface area contributed by atoms with Crippen molar-refractivity contribution < 1.29 is 27.2 Å². The van der Waals surface area contributed by atoms with E-state index in [0.717, 1.165) is 18.4 Å². The second-order valence-electron chi connectivity index (χ2n) is 6.97. The Balaban J connectivity index is 1.64. The lowest BCUT2D eigenvalue weighted by atomic mass is 10.1. The number of rotatable bonds is 6. The van der Waals surface area contributed by atoms with Crippen molar-refractivity contribution in [2.75, 3.05) is 27.8 Å². The topological polar surface area (TPSA) is 71.7 Å². The van der Waals surface area contributed by atoms with Gasteiger partial charge < -0.3 is 19.1 Å². The van der Waals surface area contributed by atoms with Gasteiger partial charge in [-0.15, -0.1) is 0 Å². The van der Waals surface area contributed by atoms with E-state index >= 15 is 0 Å². The number of urea groups is 1. The third kappa shape index (κ3) is 4.11.